The van der Waals surface area contributed by atoms with Crippen molar-refractivity contribution in [3.63, 3.8) is 0 Å². The maximum Gasteiger partial charge on any atom is 0.235 e. The molecular weight excluding hydrogens is 338 g/mol. The number of benzene rings is 1. The van der Waals surface area contributed by atoms with E-state index in [9.17, 15) is 0 Å². The van der Waals surface area contributed by atoms with Gasteiger partial charge < -0.3 is 0 Å². The average Bonchev–Trinajstić information content (AvgIpc) is 3.09. The van der Waals surface area contributed by atoms with Gasteiger partial charge in [0.05, 0.1) is 11.9 Å². The summed E-state index contributed by atoms with van der Waals surface area (Å²) >= 11 is 5.00. The molecule has 4 rings (SSSR count). The van der Waals surface area contributed by atoms with Gasteiger partial charge in [-0.1, -0.05) is 46.3 Å². The van der Waals surface area contributed by atoms with Gasteiger partial charge in [0.2, 0.25) is 9.92 Å². The zero-order valence-corrected chi connectivity index (χ0v) is 13.0. The van der Waals surface area contributed by atoms with E-state index in [4.69, 9.17) is 0 Å². The molecule has 0 bridgehead atoms. The maximum atomic E-state index is 4.68. The Labute approximate surface area is 127 Å². The average molecular weight is 348 g/mol. The van der Waals surface area contributed by atoms with Gasteiger partial charge in [-0.3, -0.25) is 0 Å². The summed E-state index contributed by atoms with van der Waals surface area (Å²) in [6.45, 7) is 2.08. The smallest absolute Gasteiger partial charge is 0.224 e. The van der Waals surface area contributed by atoms with E-state index in [1.165, 1.54) is 0 Å². The summed E-state index contributed by atoms with van der Waals surface area (Å²) in [5.74, 6) is 0.950. The highest BCUT2D eigenvalue weighted by molar-refractivity contribution is 9.10. The van der Waals surface area contributed by atoms with Crippen LogP contribution in [0.2, 0.25) is 0 Å². The highest BCUT2D eigenvalue weighted by Crippen LogP contribution is 2.25. The van der Waals surface area contributed by atoms with E-state index >= 15 is 0 Å². The fraction of sp³-hybridized carbons (Fsp3) is 0.154. The highest BCUT2D eigenvalue weighted by atomic mass is 79.9. The molecular formula is C13H10BrN5S. The molecule has 20 heavy (non-hydrogen) atoms. The van der Waals surface area contributed by atoms with Crippen molar-refractivity contribution in [3.8, 4) is 11.3 Å². The topological polar surface area (TPSA) is 47.5 Å². The van der Waals surface area contributed by atoms with Crippen LogP contribution in [0.1, 0.15) is 12.7 Å². The zero-order valence-electron chi connectivity index (χ0n) is 10.6. The third kappa shape index (κ3) is 1.70. The van der Waals surface area contributed by atoms with Crippen LogP contribution >= 0.6 is 27.3 Å². The molecule has 3 heterocycles. The lowest BCUT2D eigenvalue weighted by atomic mass is 10.2. The van der Waals surface area contributed by atoms with Crippen molar-refractivity contribution < 1.29 is 0 Å². The second-order valence-electron chi connectivity index (χ2n) is 4.43. The molecule has 0 atom stereocenters. The van der Waals surface area contributed by atoms with Crippen LogP contribution in [0.25, 0.3) is 21.2 Å². The Morgan fingerprint density at radius 1 is 1.15 bits per heavy atom. The quantitative estimate of drug-likeness (QED) is 0.558. The second-order valence-corrected chi connectivity index (χ2v) is 6.28. The normalized spacial score (nSPS) is 11.7. The molecule has 0 aliphatic rings. The van der Waals surface area contributed by atoms with Crippen molar-refractivity contribution in [1.29, 1.82) is 0 Å². The first-order chi connectivity index (χ1) is 9.76. The monoisotopic (exact) mass is 347 g/mol. The minimum absolute atomic E-state index is 0.846. The van der Waals surface area contributed by atoms with Gasteiger partial charge in [-0.2, -0.15) is 0 Å². The number of rotatable bonds is 2. The summed E-state index contributed by atoms with van der Waals surface area (Å²) in [5.41, 5.74) is 2.06. The fourth-order valence-corrected chi connectivity index (χ4v) is 3.37. The SMILES string of the molecule is CCc1nnc2sc3nc(-c4ccc(Br)cc4)cn3n12. The Balaban J connectivity index is 1.94. The van der Waals surface area contributed by atoms with Gasteiger partial charge in [0, 0.05) is 16.5 Å². The van der Waals surface area contributed by atoms with E-state index in [1.807, 2.05) is 27.4 Å². The number of hydrogen-bond donors (Lipinski definition) is 0. The summed E-state index contributed by atoms with van der Waals surface area (Å²) in [6.07, 6.45) is 2.88. The van der Waals surface area contributed by atoms with Crippen LogP contribution in [0.15, 0.2) is 34.9 Å². The summed E-state index contributed by atoms with van der Waals surface area (Å²) in [7, 11) is 0. The van der Waals surface area contributed by atoms with E-state index in [0.717, 1.165) is 37.9 Å². The van der Waals surface area contributed by atoms with Crippen LogP contribution in [-0.2, 0) is 6.42 Å². The summed E-state index contributed by atoms with van der Waals surface area (Å²) in [5, 5.41) is 8.36. The molecule has 100 valence electrons. The number of hydrogen-bond acceptors (Lipinski definition) is 4. The Morgan fingerprint density at radius 3 is 2.70 bits per heavy atom. The van der Waals surface area contributed by atoms with Crippen molar-refractivity contribution in [2.24, 2.45) is 0 Å². The third-order valence-electron chi connectivity index (χ3n) is 3.19. The Morgan fingerprint density at radius 2 is 1.95 bits per heavy atom. The molecule has 1 aromatic carbocycles. The Hall–Kier alpha value is -1.73. The molecule has 0 saturated heterocycles. The van der Waals surface area contributed by atoms with Gasteiger partial charge in [0.1, 0.15) is 0 Å². The van der Waals surface area contributed by atoms with Crippen LogP contribution in [-0.4, -0.2) is 24.2 Å². The first kappa shape index (κ1) is 12.0. The summed E-state index contributed by atoms with van der Waals surface area (Å²) in [6, 6.07) is 8.16. The molecule has 0 radical (unpaired) electrons. The van der Waals surface area contributed by atoms with Gasteiger partial charge in [-0.15, -0.1) is 10.2 Å². The van der Waals surface area contributed by atoms with Crippen LogP contribution in [0.5, 0.6) is 0 Å². The van der Waals surface area contributed by atoms with Gasteiger partial charge in [0.25, 0.3) is 0 Å². The minimum atomic E-state index is 0.846. The molecule has 0 amide bonds. The highest BCUT2D eigenvalue weighted by Gasteiger charge is 2.14. The van der Waals surface area contributed by atoms with Gasteiger partial charge in [-0.25, -0.2) is 14.0 Å². The van der Waals surface area contributed by atoms with Crippen molar-refractivity contribution in [3.05, 3.63) is 40.8 Å². The van der Waals surface area contributed by atoms with Gasteiger partial charge in [-0.05, 0) is 12.1 Å². The van der Waals surface area contributed by atoms with Crippen molar-refractivity contribution in [1.82, 2.24) is 24.2 Å². The predicted octanol–water partition coefficient (Wildman–Crippen LogP) is 3.43. The molecule has 5 nitrogen and oxygen atoms in total. The van der Waals surface area contributed by atoms with E-state index in [1.54, 1.807) is 11.3 Å². The molecule has 0 aliphatic heterocycles. The minimum Gasteiger partial charge on any atom is -0.224 e. The lowest BCUT2D eigenvalue weighted by Crippen LogP contribution is -1.97. The van der Waals surface area contributed by atoms with Gasteiger partial charge >= 0.3 is 0 Å². The van der Waals surface area contributed by atoms with E-state index in [-0.39, 0.29) is 0 Å². The van der Waals surface area contributed by atoms with Crippen LogP contribution in [0.3, 0.4) is 0 Å². The lowest BCUT2D eigenvalue weighted by Gasteiger charge is -1.96. The molecule has 7 heteroatoms. The fourth-order valence-electron chi connectivity index (χ4n) is 2.20. The third-order valence-corrected chi connectivity index (χ3v) is 4.61. The van der Waals surface area contributed by atoms with Crippen LogP contribution in [0, 0.1) is 0 Å². The number of nitrogens with zero attached hydrogens (tertiary/aromatic N) is 5. The van der Waals surface area contributed by atoms with E-state index < -0.39 is 0 Å². The predicted molar refractivity (Wildman–Crippen MR) is 82.1 cm³/mol. The molecule has 0 aliphatic carbocycles. The zero-order chi connectivity index (χ0) is 13.7. The van der Waals surface area contributed by atoms with Crippen molar-refractivity contribution in [2.45, 2.75) is 13.3 Å². The molecule has 0 N–H and O–H groups in total. The molecule has 0 fully saturated rings. The molecule has 3 aromatic heterocycles. The second kappa shape index (κ2) is 4.39. The number of imidazole rings is 1. The molecule has 0 unspecified atom stereocenters. The van der Waals surface area contributed by atoms with Gasteiger partial charge in [0.15, 0.2) is 5.82 Å². The van der Waals surface area contributed by atoms with Crippen molar-refractivity contribution >= 4 is 37.2 Å². The van der Waals surface area contributed by atoms with Crippen molar-refractivity contribution in [2.75, 3.05) is 0 Å². The maximum absolute atomic E-state index is 4.68. The van der Waals surface area contributed by atoms with Crippen LogP contribution in [0.4, 0.5) is 0 Å². The molecule has 4 aromatic rings. The largest absolute Gasteiger partial charge is 0.235 e. The first-order valence-electron chi connectivity index (χ1n) is 6.24. The van der Waals surface area contributed by atoms with Crippen LogP contribution < -0.4 is 0 Å². The number of aromatic nitrogens is 5. The summed E-state index contributed by atoms with van der Waals surface area (Å²) in [4.78, 5) is 6.49. The number of aryl methyl sites for hydroxylation is 1. The van der Waals surface area contributed by atoms with E-state index in [0.29, 0.717) is 0 Å². The molecule has 0 saturated carbocycles. The Bertz CT molecular complexity index is 902. The van der Waals surface area contributed by atoms with E-state index in [2.05, 4.69) is 50.2 Å². The Kier molecular flexibility index (Phi) is 2.64. The lowest BCUT2D eigenvalue weighted by molar-refractivity contribution is 0.789. The number of halogens is 1. The molecule has 0 spiro atoms. The summed E-state index contributed by atoms with van der Waals surface area (Å²) < 4.78 is 5.11. The standard InChI is InChI=1S/C13H10BrN5S/c1-2-11-16-17-13-19(11)18-7-10(15-12(18)20-13)8-3-5-9(14)6-4-8/h3-7H,2H2,1H3. The first-order valence-corrected chi connectivity index (χ1v) is 7.85. The number of fused-ring (bicyclic) bond motifs is 3.